The molecule has 3 N–H and O–H groups in total. The van der Waals surface area contributed by atoms with Gasteiger partial charge in [0.2, 0.25) is 0 Å². The molecule has 96 valence electrons. The van der Waals surface area contributed by atoms with E-state index >= 15 is 0 Å². The molecule has 5 nitrogen and oxygen atoms in total. The highest BCUT2D eigenvalue weighted by Gasteiger charge is 2.20. The number of rotatable bonds is 4. The van der Waals surface area contributed by atoms with Crippen molar-refractivity contribution >= 4 is 5.82 Å². The monoisotopic (exact) mass is 238 g/mol. The molecule has 0 radical (unpaired) electrons. The van der Waals surface area contributed by atoms with Gasteiger partial charge in [-0.2, -0.15) is 5.10 Å². The number of anilines is 1. The number of aliphatic hydroxyl groups is 1. The van der Waals surface area contributed by atoms with E-state index < -0.39 is 5.60 Å². The number of hydrogen-bond donors (Lipinski definition) is 2. The smallest absolute Gasteiger partial charge is 0.155 e. The molecule has 0 saturated carbocycles. The Labute approximate surface area is 103 Å². The molecular weight excluding hydrogens is 216 g/mol. The Morgan fingerprint density at radius 2 is 1.88 bits per heavy atom. The van der Waals surface area contributed by atoms with Crippen molar-refractivity contribution in [3.05, 3.63) is 16.8 Å². The van der Waals surface area contributed by atoms with Crippen molar-refractivity contribution in [1.29, 1.82) is 0 Å². The van der Waals surface area contributed by atoms with E-state index in [4.69, 9.17) is 5.73 Å². The van der Waals surface area contributed by atoms with Crippen molar-refractivity contribution in [2.75, 3.05) is 18.5 Å². The van der Waals surface area contributed by atoms with Gasteiger partial charge in [-0.05, 0) is 33.3 Å². The van der Waals surface area contributed by atoms with E-state index in [0.29, 0.717) is 13.1 Å². The summed E-state index contributed by atoms with van der Waals surface area (Å²) in [6.07, 6.45) is 0. The predicted octanol–water partition coefficient (Wildman–Crippen LogP) is 0.759. The molecule has 1 heterocycles. The lowest BCUT2D eigenvalue weighted by molar-refractivity contribution is 0.0884. The van der Waals surface area contributed by atoms with Gasteiger partial charge < -0.3 is 15.7 Å². The fraction of sp³-hybridized carbons (Fsp3) is 0.667. The summed E-state index contributed by atoms with van der Waals surface area (Å²) in [7, 11) is 1.88. The van der Waals surface area contributed by atoms with Crippen molar-refractivity contribution in [3.63, 3.8) is 0 Å². The molecule has 0 fully saturated rings. The van der Waals surface area contributed by atoms with E-state index in [0.717, 1.165) is 22.6 Å². The highest BCUT2D eigenvalue weighted by molar-refractivity contribution is 5.50. The first-order valence-electron chi connectivity index (χ1n) is 5.72. The van der Waals surface area contributed by atoms with Crippen LogP contribution in [0.3, 0.4) is 0 Å². The van der Waals surface area contributed by atoms with E-state index in [1.54, 1.807) is 13.8 Å². The van der Waals surface area contributed by atoms with Crippen molar-refractivity contribution in [2.45, 2.75) is 39.8 Å². The Morgan fingerprint density at radius 1 is 1.29 bits per heavy atom. The Morgan fingerprint density at radius 3 is 2.35 bits per heavy atom. The van der Waals surface area contributed by atoms with Gasteiger partial charge in [-0.15, -0.1) is 5.10 Å². The summed E-state index contributed by atoms with van der Waals surface area (Å²) in [6, 6.07) is 0. The molecule has 5 heteroatoms. The van der Waals surface area contributed by atoms with Crippen LogP contribution in [0.15, 0.2) is 0 Å². The second-order valence-electron chi connectivity index (χ2n) is 5.09. The van der Waals surface area contributed by atoms with Crippen LogP contribution in [0, 0.1) is 13.8 Å². The minimum absolute atomic E-state index is 0.424. The van der Waals surface area contributed by atoms with Crippen molar-refractivity contribution in [2.24, 2.45) is 5.73 Å². The summed E-state index contributed by atoms with van der Waals surface area (Å²) in [5.74, 6) is 0.748. The fourth-order valence-corrected chi connectivity index (χ4v) is 1.85. The van der Waals surface area contributed by atoms with Gasteiger partial charge in [0.15, 0.2) is 5.82 Å². The quantitative estimate of drug-likeness (QED) is 0.810. The lowest BCUT2D eigenvalue weighted by Gasteiger charge is -2.28. The van der Waals surface area contributed by atoms with E-state index in [9.17, 15) is 5.11 Å². The van der Waals surface area contributed by atoms with E-state index in [1.807, 2.05) is 25.8 Å². The molecule has 0 aliphatic heterocycles. The van der Waals surface area contributed by atoms with Gasteiger partial charge in [0.05, 0.1) is 11.3 Å². The Kier molecular flexibility index (Phi) is 4.06. The van der Waals surface area contributed by atoms with Crippen LogP contribution in [0.1, 0.15) is 30.7 Å². The summed E-state index contributed by atoms with van der Waals surface area (Å²) < 4.78 is 0. The van der Waals surface area contributed by atoms with Crippen LogP contribution in [0.5, 0.6) is 0 Å². The van der Waals surface area contributed by atoms with Crippen LogP contribution in [-0.2, 0) is 6.54 Å². The average Bonchev–Trinajstić information content (AvgIpc) is 2.19. The van der Waals surface area contributed by atoms with Crippen LogP contribution < -0.4 is 10.6 Å². The zero-order valence-electron chi connectivity index (χ0n) is 11.3. The highest BCUT2D eigenvalue weighted by Crippen LogP contribution is 2.21. The maximum absolute atomic E-state index is 9.82. The number of hydrogen-bond acceptors (Lipinski definition) is 5. The molecule has 0 spiro atoms. The van der Waals surface area contributed by atoms with Crippen molar-refractivity contribution in [3.8, 4) is 0 Å². The van der Waals surface area contributed by atoms with Crippen LogP contribution in [0.2, 0.25) is 0 Å². The second-order valence-corrected chi connectivity index (χ2v) is 5.09. The van der Waals surface area contributed by atoms with Gasteiger partial charge in [0.1, 0.15) is 0 Å². The summed E-state index contributed by atoms with van der Waals surface area (Å²) >= 11 is 0. The largest absolute Gasteiger partial charge is 0.389 e. The summed E-state index contributed by atoms with van der Waals surface area (Å²) in [4.78, 5) is 1.89. The SMILES string of the molecule is Cc1nnc(N(C)CC(C)(C)O)c(CN)c1C. The molecule has 0 aliphatic rings. The molecule has 0 aromatic carbocycles. The highest BCUT2D eigenvalue weighted by atomic mass is 16.3. The first kappa shape index (κ1) is 13.9. The van der Waals surface area contributed by atoms with Crippen LogP contribution >= 0.6 is 0 Å². The topological polar surface area (TPSA) is 75.3 Å². The zero-order chi connectivity index (χ0) is 13.2. The molecule has 0 atom stereocenters. The Bertz CT molecular complexity index is 398. The molecule has 0 saturated heterocycles. The third-order valence-electron chi connectivity index (χ3n) is 2.75. The molecule has 1 rings (SSSR count). The standard InChI is InChI=1S/C12H22N4O/c1-8-9(2)14-15-11(10(8)6-13)16(5)7-12(3,4)17/h17H,6-7,13H2,1-5H3. The molecule has 0 amide bonds. The maximum atomic E-state index is 9.82. The molecular formula is C12H22N4O. The lowest BCUT2D eigenvalue weighted by Crippen LogP contribution is -2.37. The van der Waals surface area contributed by atoms with Crippen LogP contribution in [0.4, 0.5) is 5.82 Å². The third kappa shape index (κ3) is 3.38. The van der Waals surface area contributed by atoms with Gasteiger partial charge in [-0.1, -0.05) is 0 Å². The maximum Gasteiger partial charge on any atom is 0.155 e. The Balaban J connectivity index is 3.10. The van der Waals surface area contributed by atoms with E-state index in [1.165, 1.54) is 0 Å². The van der Waals surface area contributed by atoms with E-state index in [2.05, 4.69) is 10.2 Å². The molecule has 0 aliphatic carbocycles. The molecule has 0 bridgehead atoms. The first-order chi connectivity index (χ1) is 7.76. The van der Waals surface area contributed by atoms with Gasteiger partial charge in [-0.3, -0.25) is 0 Å². The van der Waals surface area contributed by atoms with E-state index in [-0.39, 0.29) is 0 Å². The predicted molar refractivity (Wildman–Crippen MR) is 69.0 cm³/mol. The van der Waals surface area contributed by atoms with Gasteiger partial charge in [0, 0.05) is 25.7 Å². The Hall–Kier alpha value is -1.20. The normalized spacial score (nSPS) is 11.7. The number of aromatic nitrogens is 2. The van der Waals surface area contributed by atoms with Gasteiger partial charge in [0.25, 0.3) is 0 Å². The fourth-order valence-electron chi connectivity index (χ4n) is 1.85. The van der Waals surface area contributed by atoms with Gasteiger partial charge >= 0.3 is 0 Å². The first-order valence-corrected chi connectivity index (χ1v) is 5.72. The lowest BCUT2D eigenvalue weighted by atomic mass is 10.1. The molecule has 1 aromatic rings. The minimum Gasteiger partial charge on any atom is -0.389 e. The summed E-state index contributed by atoms with van der Waals surface area (Å²) in [6.45, 7) is 8.35. The van der Waals surface area contributed by atoms with Crippen molar-refractivity contribution in [1.82, 2.24) is 10.2 Å². The third-order valence-corrected chi connectivity index (χ3v) is 2.75. The molecule has 1 aromatic heterocycles. The summed E-state index contributed by atoms with van der Waals surface area (Å²) in [5.41, 5.74) is 7.94. The van der Waals surface area contributed by atoms with Crippen LogP contribution in [0.25, 0.3) is 0 Å². The summed E-state index contributed by atoms with van der Waals surface area (Å²) in [5, 5.41) is 18.1. The number of nitrogens with two attached hydrogens (primary N) is 1. The number of aryl methyl sites for hydroxylation is 1. The number of nitrogens with zero attached hydrogens (tertiary/aromatic N) is 3. The molecule has 17 heavy (non-hydrogen) atoms. The molecule has 0 unspecified atom stereocenters. The average molecular weight is 238 g/mol. The van der Waals surface area contributed by atoms with Gasteiger partial charge in [-0.25, -0.2) is 0 Å². The van der Waals surface area contributed by atoms with Crippen molar-refractivity contribution < 1.29 is 5.11 Å². The van der Waals surface area contributed by atoms with Crippen LogP contribution in [-0.4, -0.2) is 34.5 Å². The number of likely N-dealkylation sites (N-methyl/N-ethyl adjacent to an activating group) is 1. The second kappa shape index (κ2) is 4.98. The zero-order valence-corrected chi connectivity index (χ0v) is 11.3. The minimum atomic E-state index is -0.777.